The number of nitrogens with zero attached hydrogens (tertiary/aromatic N) is 2. The number of pyridine rings is 2. The van der Waals surface area contributed by atoms with E-state index in [0.29, 0.717) is 24.7 Å². The summed E-state index contributed by atoms with van der Waals surface area (Å²) in [7, 11) is 0. The molecule has 0 saturated carbocycles. The van der Waals surface area contributed by atoms with Crippen LogP contribution in [0.2, 0.25) is 0 Å². The van der Waals surface area contributed by atoms with Gasteiger partial charge in [-0.1, -0.05) is 30.4 Å². The van der Waals surface area contributed by atoms with E-state index in [9.17, 15) is 9.59 Å². The van der Waals surface area contributed by atoms with Crippen molar-refractivity contribution in [1.29, 1.82) is 0 Å². The molecule has 2 aromatic heterocycles. The number of nitrogens with one attached hydrogen (secondary N) is 4. The first-order chi connectivity index (χ1) is 15.9. The van der Waals surface area contributed by atoms with Crippen molar-refractivity contribution < 1.29 is 9.59 Å². The molecule has 0 fully saturated rings. The van der Waals surface area contributed by atoms with Gasteiger partial charge in [0.05, 0.1) is 0 Å². The van der Waals surface area contributed by atoms with Gasteiger partial charge in [0.25, 0.3) is 0 Å². The van der Waals surface area contributed by atoms with Crippen LogP contribution in [0.4, 0.5) is 11.6 Å². The summed E-state index contributed by atoms with van der Waals surface area (Å²) in [6.45, 7) is 8.85. The fraction of sp³-hybridized carbons (Fsp3) is 0.360. The summed E-state index contributed by atoms with van der Waals surface area (Å²) in [6.07, 6.45) is 7.99. The lowest BCUT2D eigenvalue weighted by Gasteiger charge is -2.27. The van der Waals surface area contributed by atoms with Crippen molar-refractivity contribution in [3.8, 4) is 0 Å². The van der Waals surface area contributed by atoms with Crippen LogP contribution in [0.1, 0.15) is 28.1 Å². The Balaban J connectivity index is 0.000000139. The van der Waals surface area contributed by atoms with Crippen LogP contribution < -0.4 is 21.3 Å². The summed E-state index contributed by atoms with van der Waals surface area (Å²) in [6, 6.07) is 6.02. The molecule has 2 spiro atoms. The van der Waals surface area contributed by atoms with Gasteiger partial charge >= 0.3 is 0 Å². The molecule has 2 aromatic rings. The van der Waals surface area contributed by atoms with Gasteiger partial charge in [-0.05, 0) is 38.5 Å². The monoisotopic (exact) mass is 444 g/mol. The van der Waals surface area contributed by atoms with Gasteiger partial charge in [-0.15, -0.1) is 0 Å². The van der Waals surface area contributed by atoms with Crippen LogP contribution in [0, 0.1) is 20.8 Å². The quantitative estimate of drug-likeness (QED) is 0.462. The number of hydrogen-bond donors (Lipinski definition) is 4. The molecule has 0 radical (unpaired) electrons. The number of rotatable bonds is 0. The Bertz CT molecular complexity index is 1220. The number of carbonyl (C=O) groups excluding carboxylic acids is 2. The van der Waals surface area contributed by atoms with E-state index in [-0.39, 0.29) is 11.8 Å². The van der Waals surface area contributed by atoms with Gasteiger partial charge in [0.15, 0.2) is 0 Å². The van der Waals surface area contributed by atoms with Gasteiger partial charge in [-0.25, -0.2) is 9.97 Å². The first kappa shape index (κ1) is 21.5. The smallest absolute Gasteiger partial charge is 0.241 e. The zero-order valence-corrected chi connectivity index (χ0v) is 19.1. The summed E-state index contributed by atoms with van der Waals surface area (Å²) in [4.78, 5) is 33.1. The first-order valence-electron chi connectivity index (χ1n) is 11.2. The number of anilines is 2. The van der Waals surface area contributed by atoms with Crippen molar-refractivity contribution in [1.82, 2.24) is 20.6 Å². The fourth-order valence-electron chi connectivity index (χ4n) is 4.86. The van der Waals surface area contributed by atoms with Gasteiger partial charge in [0.1, 0.15) is 22.5 Å². The van der Waals surface area contributed by atoms with E-state index in [2.05, 4.69) is 37.3 Å². The topological polar surface area (TPSA) is 108 Å². The minimum atomic E-state index is -0.557. The largest absolute Gasteiger partial charge is 0.312 e. The summed E-state index contributed by atoms with van der Waals surface area (Å²) < 4.78 is 0. The van der Waals surface area contributed by atoms with E-state index in [0.717, 1.165) is 41.2 Å². The predicted molar refractivity (Wildman–Crippen MR) is 127 cm³/mol. The Labute approximate surface area is 193 Å². The third kappa shape index (κ3) is 3.37. The molecule has 0 aliphatic carbocycles. The van der Waals surface area contributed by atoms with E-state index >= 15 is 0 Å². The fourth-order valence-corrected chi connectivity index (χ4v) is 4.86. The SMILES string of the molecule is Cc1cc2c(nc1C)NC(=O)[C@@]21C=CCNC1.Cc1ccc2c(n1)NC(=O)[C@@]21C=CCNC1. The standard InChI is InChI=1S/C13H15N3O.C12H13N3O/c1-8-6-10-11(15-9(8)2)16-12(17)13(10)4-3-5-14-7-13;1-8-3-4-9-10(14-8)15-11(16)12(9)5-2-6-13-7-12/h3-4,6,14H,5,7H2,1-2H3,(H,15,16,17);2-5,13H,6-7H2,1H3,(H,14,15,16)/t13-;12-/m11/s1. The third-order valence-electron chi connectivity index (χ3n) is 6.87. The maximum absolute atomic E-state index is 12.2. The lowest BCUT2D eigenvalue weighted by atomic mass is 9.80. The molecule has 6 heterocycles. The van der Waals surface area contributed by atoms with Crippen molar-refractivity contribution in [3.05, 3.63) is 70.6 Å². The van der Waals surface area contributed by atoms with Crippen LogP contribution in [0.25, 0.3) is 0 Å². The number of aromatic nitrogens is 2. The third-order valence-corrected chi connectivity index (χ3v) is 6.87. The Morgan fingerprint density at radius 1 is 0.788 bits per heavy atom. The van der Waals surface area contributed by atoms with E-state index in [1.807, 2.05) is 57.2 Å². The minimum Gasteiger partial charge on any atom is -0.312 e. The van der Waals surface area contributed by atoms with Crippen LogP contribution in [0.5, 0.6) is 0 Å². The summed E-state index contributed by atoms with van der Waals surface area (Å²) >= 11 is 0. The van der Waals surface area contributed by atoms with E-state index in [1.165, 1.54) is 0 Å². The maximum Gasteiger partial charge on any atom is 0.241 e. The molecule has 2 amide bonds. The molecule has 4 aliphatic heterocycles. The molecular weight excluding hydrogens is 416 g/mol. The average Bonchev–Trinajstić information content (AvgIpc) is 3.20. The van der Waals surface area contributed by atoms with Crippen LogP contribution in [0.15, 0.2) is 42.5 Å². The molecule has 0 saturated heterocycles. The van der Waals surface area contributed by atoms with Crippen LogP contribution >= 0.6 is 0 Å². The molecule has 8 heteroatoms. The van der Waals surface area contributed by atoms with Gasteiger partial charge in [0.2, 0.25) is 11.8 Å². The molecule has 33 heavy (non-hydrogen) atoms. The number of fused-ring (bicyclic) bond motifs is 4. The van der Waals surface area contributed by atoms with E-state index in [1.54, 1.807) is 0 Å². The second-order valence-corrected chi connectivity index (χ2v) is 9.05. The molecule has 0 aromatic carbocycles. The lowest BCUT2D eigenvalue weighted by molar-refractivity contribution is -0.120. The second-order valence-electron chi connectivity index (χ2n) is 9.05. The highest BCUT2D eigenvalue weighted by atomic mass is 16.2. The van der Waals surface area contributed by atoms with Gasteiger partial charge in [-0.3, -0.25) is 9.59 Å². The highest BCUT2D eigenvalue weighted by Gasteiger charge is 2.47. The Morgan fingerprint density at radius 3 is 1.94 bits per heavy atom. The van der Waals surface area contributed by atoms with Crippen LogP contribution in [-0.2, 0) is 20.4 Å². The first-order valence-corrected chi connectivity index (χ1v) is 11.2. The molecule has 4 aliphatic rings. The number of aryl methyl sites for hydroxylation is 3. The van der Waals surface area contributed by atoms with E-state index in [4.69, 9.17) is 0 Å². The molecule has 170 valence electrons. The molecule has 6 rings (SSSR count). The molecular formula is C25H28N6O2. The van der Waals surface area contributed by atoms with Gasteiger partial charge in [-0.2, -0.15) is 0 Å². The molecule has 8 nitrogen and oxygen atoms in total. The zero-order chi connectivity index (χ0) is 23.2. The van der Waals surface area contributed by atoms with Crippen LogP contribution in [-0.4, -0.2) is 48.0 Å². The summed E-state index contributed by atoms with van der Waals surface area (Å²) in [5, 5.41) is 12.2. The van der Waals surface area contributed by atoms with Crippen molar-refractivity contribution in [3.63, 3.8) is 0 Å². The highest BCUT2D eigenvalue weighted by molar-refractivity contribution is 6.08. The van der Waals surface area contributed by atoms with Crippen molar-refractivity contribution in [2.75, 3.05) is 36.8 Å². The maximum atomic E-state index is 12.2. The number of carbonyl (C=O) groups is 2. The zero-order valence-electron chi connectivity index (χ0n) is 19.1. The Hall–Kier alpha value is -3.36. The number of amides is 2. The Morgan fingerprint density at radius 2 is 1.36 bits per heavy atom. The minimum absolute atomic E-state index is 0.0176. The highest BCUT2D eigenvalue weighted by Crippen LogP contribution is 2.40. The Kier molecular flexibility index (Phi) is 5.14. The van der Waals surface area contributed by atoms with Gasteiger partial charge in [0, 0.05) is 48.7 Å². The average molecular weight is 445 g/mol. The molecule has 0 unspecified atom stereocenters. The van der Waals surface area contributed by atoms with Gasteiger partial charge < -0.3 is 21.3 Å². The van der Waals surface area contributed by atoms with E-state index < -0.39 is 10.8 Å². The summed E-state index contributed by atoms with van der Waals surface area (Å²) in [5.41, 5.74) is 3.88. The van der Waals surface area contributed by atoms with Crippen LogP contribution in [0.3, 0.4) is 0 Å². The predicted octanol–water partition coefficient (Wildman–Crippen LogP) is 1.79. The van der Waals surface area contributed by atoms with Crippen molar-refractivity contribution in [2.45, 2.75) is 31.6 Å². The normalized spacial score (nSPS) is 26.5. The molecule has 0 bridgehead atoms. The number of hydrogen-bond acceptors (Lipinski definition) is 6. The second kappa shape index (κ2) is 7.90. The molecule has 2 atom stereocenters. The van der Waals surface area contributed by atoms with Crippen molar-refractivity contribution >= 4 is 23.5 Å². The summed E-state index contributed by atoms with van der Waals surface area (Å²) in [5.74, 6) is 1.46. The molecule has 4 N–H and O–H groups in total. The van der Waals surface area contributed by atoms with Crippen molar-refractivity contribution in [2.24, 2.45) is 0 Å². The lowest BCUT2D eigenvalue weighted by Crippen LogP contribution is -2.45.